The van der Waals surface area contributed by atoms with Gasteiger partial charge in [-0.25, -0.2) is 0 Å². The van der Waals surface area contributed by atoms with Crippen LogP contribution in [0, 0.1) is 6.92 Å². The average molecular weight is 303 g/mol. The van der Waals surface area contributed by atoms with Crippen LogP contribution in [-0.4, -0.2) is 5.91 Å². The summed E-state index contributed by atoms with van der Waals surface area (Å²) in [5.74, 6) is -0.0638. The van der Waals surface area contributed by atoms with Crippen LogP contribution >= 0.6 is 11.6 Å². The fraction of sp³-hybridized carbons (Fsp3) is 0.235. The highest BCUT2D eigenvalue weighted by molar-refractivity contribution is 6.30. The number of hydrogen-bond acceptors (Lipinski definition) is 2. The molecule has 0 aliphatic heterocycles. The lowest BCUT2D eigenvalue weighted by Crippen LogP contribution is -2.09. The highest BCUT2D eigenvalue weighted by Crippen LogP contribution is 2.25. The monoisotopic (exact) mass is 302 g/mol. The second-order valence-electron chi connectivity index (χ2n) is 5.13. The van der Waals surface area contributed by atoms with Crippen molar-refractivity contribution in [3.8, 4) is 0 Å². The van der Waals surface area contributed by atoms with Crippen LogP contribution in [0.1, 0.15) is 31.0 Å². The first-order chi connectivity index (χ1) is 9.95. The Kier molecular flexibility index (Phi) is 4.86. The Hall–Kier alpha value is -2.00. The van der Waals surface area contributed by atoms with Crippen molar-refractivity contribution in [3.05, 3.63) is 58.6 Å². The molecular weight excluding hydrogens is 284 g/mol. The fourth-order valence-electron chi connectivity index (χ4n) is 2.19. The van der Waals surface area contributed by atoms with E-state index in [1.165, 1.54) is 6.92 Å². The van der Waals surface area contributed by atoms with Crippen LogP contribution < -0.4 is 10.6 Å². The molecule has 1 unspecified atom stereocenters. The largest absolute Gasteiger partial charge is 0.379 e. The summed E-state index contributed by atoms with van der Waals surface area (Å²) in [5.41, 5.74) is 4.00. The molecule has 0 bridgehead atoms. The number of carbonyl (C=O) groups is 1. The molecule has 1 amide bonds. The number of amides is 1. The second kappa shape index (κ2) is 6.64. The number of benzene rings is 2. The van der Waals surface area contributed by atoms with Crippen LogP contribution in [0.2, 0.25) is 5.02 Å². The van der Waals surface area contributed by atoms with E-state index in [0.717, 1.165) is 27.5 Å². The zero-order valence-corrected chi connectivity index (χ0v) is 13.2. The molecule has 0 aliphatic carbocycles. The second-order valence-corrected chi connectivity index (χ2v) is 5.57. The maximum atomic E-state index is 11.1. The Balaban J connectivity index is 2.12. The van der Waals surface area contributed by atoms with Crippen molar-refractivity contribution in [3.63, 3.8) is 0 Å². The average Bonchev–Trinajstić information content (AvgIpc) is 2.41. The van der Waals surface area contributed by atoms with Crippen LogP contribution in [-0.2, 0) is 4.79 Å². The minimum atomic E-state index is -0.0638. The normalized spacial score (nSPS) is 11.8. The third kappa shape index (κ3) is 4.23. The Labute approximate surface area is 130 Å². The molecule has 110 valence electrons. The molecule has 2 aromatic carbocycles. The first kappa shape index (κ1) is 15.4. The minimum Gasteiger partial charge on any atom is -0.379 e. The van der Waals surface area contributed by atoms with Crippen molar-refractivity contribution in [2.45, 2.75) is 26.8 Å². The quantitative estimate of drug-likeness (QED) is 0.853. The Bertz CT molecular complexity index is 655. The molecule has 0 heterocycles. The van der Waals surface area contributed by atoms with Crippen molar-refractivity contribution in [2.24, 2.45) is 0 Å². The van der Waals surface area contributed by atoms with E-state index >= 15 is 0 Å². The van der Waals surface area contributed by atoms with Gasteiger partial charge < -0.3 is 10.6 Å². The van der Waals surface area contributed by atoms with Gasteiger partial charge in [-0.3, -0.25) is 4.79 Å². The standard InChI is InChI=1S/C17H19ClN2O/c1-11-9-16(7-8-17(11)20-13(3)21)19-12(2)14-5-4-6-15(18)10-14/h4-10,12,19H,1-3H3,(H,20,21). The summed E-state index contributed by atoms with van der Waals surface area (Å²) in [6, 6.07) is 13.8. The smallest absolute Gasteiger partial charge is 0.221 e. The van der Waals surface area contributed by atoms with E-state index in [4.69, 9.17) is 11.6 Å². The zero-order valence-electron chi connectivity index (χ0n) is 12.4. The fourth-order valence-corrected chi connectivity index (χ4v) is 2.39. The van der Waals surface area contributed by atoms with Gasteiger partial charge in [0.05, 0.1) is 0 Å². The molecule has 1 atom stereocenters. The first-order valence-corrected chi connectivity index (χ1v) is 7.24. The van der Waals surface area contributed by atoms with Gasteiger partial charge in [-0.05, 0) is 55.3 Å². The summed E-state index contributed by atoms with van der Waals surface area (Å²) in [7, 11) is 0. The molecule has 2 N–H and O–H groups in total. The molecule has 2 rings (SSSR count). The highest BCUT2D eigenvalue weighted by Gasteiger charge is 2.07. The Morgan fingerprint density at radius 1 is 1.19 bits per heavy atom. The Morgan fingerprint density at radius 3 is 2.57 bits per heavy atom. The molecule has 0 aromatic heterocycles. The molecule has 0 saturated heterocycles. The van der Waals surface area contributed by atoms with Crippen molar-refractivity contribution >= 4 is 28.9 Å². The van der Waals surface area contributed by atoms with E-state index in [0.29, 0.717) is 0 Å². The van der Waals surface area contributed by atoms with Crippen LogP contribution in [0.25, 0.3) is 0 Å². The van der Waals surface area contributed by atoms with Crippen molar-refractivity contribution < 1.29 is 4.79 Å². The van der Waals surface area contributed by atoms with E-state index in [1.54, 1.807) is 0 Å². The number of aryl methyl sites for hydroxylation is 1. The van der Waals surface area contributed by atoms with Crippen LogP contribution in [0.3, 0.4) is 0 Å². The van der Waals surface area contributed by atoms with E-state index < -0.39 is 0 Å². The predicted octanol–water partition coefficient (Wildman–Crippen LogP) is 4.78. The van der Waals surface area contributed by atoms with Gasteiger partial charge in [0, 0.05) is 29.4 Å². The van der Waals surface area contributed by atoms with Gasteiger partial charge in [0.25, 0.3) is 0 Å². The van der Waals surface area contributed by atoms with Gasteiger partial charge in [-0.1, -0.05) is 23.7 Å². The molecule has 0 saturated carbocycles. The molecule has 0 aliphatic rings. The SMILES string of the molecule is CC(=O)Nc1ccc(NC(C)c2cccc(Cl)c2)cc1C. The summed E-state index contributed by atoms with van der Waals surface area (Å²) in [6.07, 6.45) is 0. The van der Waals surface area contributed by atoms with Gasteiger partial charge in [0.2, 0.25) is 5.91 Å². The lowest BCUT2D eigenvalue weighted by molar-refractivity contribution is -0.114. The van der Waals surface area contributed by atoms with Gasteiger partial charge in [-0.15, -0.1) is 0 Å². The predicted molar refractivity (Wildman–Crippen MR) is 89.0 cm³/mol. The number of anilines is 2. The Morgan fingerprint density at radius 2 is 1.95 bits per heavy atom. The minimum absolute atomic E-state index is 0.0638. The van der Waals surface area contributed by atoms with Gasteiger partial charge in [-0.2, -0.15) is 0 Å². The van der Waals surface area contributed by atoms with Gasteiger partial charge in [0.15, 0.2) is 0 Å². The maximum Gasteiger partial charge on any atom is 0.221 e. The van der Waals surface area contributed by atoms with E-state index in [2.05, 4.69) is 17.6 Å². The summed E-state index contributed by atoms with van der Waals surface area (Å²) in [5, 5.41) is 6.98. The number of halogens is 1. The lowest BCUT2D eigenvalue weighted by atomic mass is 10.1. The molecule has 3 nitrogen and oxygen atoms in total. The number of carbonyl (C=O) groups excluding carboxylic acids is 1. The van der Waals surface area contributed by atoms with E-state index in [1.807, 2.05) is 49.4 Å². The van der Waals surface area contributed by atoms with Gasteiger partial charge in [0.1, 0.15) is 0 Å². The van der Waals surface area contributed by atoms with Crippen LogP contribution in [0.5, 0.6) is 0 Å². The molecule has 0 radical (unpaired) electrons. The molecule has 0 fully saturated rings. The van der Waals surface area contributed by atoms with Crippen molar-refractivity contribution in [1.29, 1.82) is 0 Å². The molecule has 0 spiro atoms. The van der Waals surface area contributed by atoms with Gasteiger partial charge >= 0.3 is 0 Å². The number of rotatable bonds is 4. The molecular formula is C17H19ClN2O. The molecule has 21 heavy (non-hydrogen) atoms. The summed E-state index contributed by atoms with van der Waals surface area (Å²) >= 11 is 6.02. The van der Waals surface area contributed by atoms with E-state index in [9.17, 15) is 4.79 Å². The summed E-state index contributed by atoms with van der Waals surface area (Å²) in [6.45, 7) is 5.57. The molecule has 2 aromatic rings. The summed E-state index contributed by atoms with van der Waals surface area (Å²) in [4.78, 5) is 11.1. The van der Waals surface area contributed by atoms with E-state index in [-0.39, 0.29) is 11.9 Å². The van der Waals surface area contributed by atoms with Crippen LogP contribution in [0.15, 0.2) is 42.5 Å². The van der Waals surface area contributed by atoms with Crippen LogP contribution in [0.4, 0.5) is 11.4 Å². The third-order valence-electron chi connectivity index (χ3n) is 3.27. The first-order valence-electron chi connectivity index (χ1n) is 6.86. The molecule has 4 heteroatoms. The number of nitrogens with one attached hydrogen (secondary N) is 2. The third-order valence-corrected chi connectivity index (χ3v) is 3.50. The topological polar surface area (TPSA) is 41.1 Å². The zero-order chi connectivity index (χ0) is 15.4. The summed E-state index contributed by atoms with van der Waals surface area (Å²) < 4.78 is 0. The van der Waals surface area contributed by atoms with Crippen molar-refractivity contribution in [2.75, 3.05) is 10.6 Å². The van der Waals surface area contributed by atoms with Crippen molar-refractivity contribution in [1.82, 2.24) is 0 Å². The maximum absolute atomic E-state index is 11.1. The highest BCUT2D eigenvalue weighted by atomic mass is 35.5. The lowest BCUT2D eigenvalue weighted by Gasteiger charge is -2.17. The number of hydrogen-bond donors (Lipinski definition) is 2.